The summed E-state index contributed by atoms with van der Waals surface area (Å²) >= 11 is 0. The van der Waals surface area contributed by atoms with Crippen molar-refractivity contribution in [2.75, 3.05) is 19.0 Å². The molecule has 1 fully saturated rings. The monoisotopic (exact) mass is 367 g/mol. The highest BCUT2D eigenvalue weighted by Crippen LogP contribution is 2.44. The van der Waals surface area contributed by atoms with Gasteiger partial charge >= 0.3 is 11.9 Å². The van der Waals surface area contributed by atoms with Gasteiger partial charge in [0.15, 0.2) is 6.61 Å². The summed E-state index contributed by atoms with van der Waals surface area (Å²) < 4.78 is 9.99. The van der Waals surface area contributed by atoms with E-state index in [1.165, 1.54) is 7.11 Å². The molecule has 0 saturated heterocycles. The first-order chi connectivity index (χ1) is 13.1. The van der Waals surface area contributed by atoms with Gasteiger partial charge < -0.3 is 14.8 Å². The molecular formula is C21H21NO5. The average Bonchev–Trinajstić information content (AvgIpc) is 2.66. The number of methoxy groups -OCH3 is 1. The summed E-state index contributed by atoms with van der Waals surface area (Å²) in [7, 11) is 1.27. The Bertz CT molecular complexity index is 843. The lowest BCUT2D eigenvalue weighted by Gasteiger charge is -2.39. The Morgan fingerprint density at radius 3 is 2.30 bits per heavy atom. The molecule has 2 aromatic carbocycles. The number of carbonyl (C=O) groups excluding carboxylic acids is 3. The van der Waals surface area contributed by atoms with E-state index in [2.05, 4.69) is 5.32 Å². The Morgan fingerprint density at radius 2 is 1.67 bits per heavy atom. The lowest BCUT2D eigenvalue weighted by Crippen LogP contribution is -2.44. The topological polar surface area (TPSA) is 81.7 Å². The zero-order chi connectivity index (χ0) is 19.3. The third kappa shape index (κ3) is 3.84. The average molecular weight is 367 g/mol. The van der Waals surface area contributed by atoms with E-state index >= 15 is 0 Å². The van der Waals surface area contributed by atoms with Gasteiger partial charge in [0.1, 0.15) is 0 Å². The quantitative estimate of drug-likeness (QED) is 0.794. The number of hydrogen-bond acceptors (Lipinski definition) is 5. The Kier molecular flexibility index (Phi) is 5.54. The van der Waals surface area contributed by atoms with Gasteiger partial charge in [-0.2, -0.15) is 0 Å². The van der Waals surface area contributed by atoms with Crippen LogP contribution in [0.4, 0.5) is 5.69 Å². The summed E-state index contributed by atoms with van der Waals surface area (Å²) in [6.45, 7) is -0.414. The number of para-hydroxylation sites is 1. The van der Waals surface area contributed by atoms with Crippen molar-refractivity contribution >= 4 is 23.5 Å². The number of esters is 2. The number of hydrogen-bond donors (Lipinski definition) is 1. The van der Waals surface area contributed by atoms with Crippen LogP contribution in [0.2, 0.25) is 0 Å². The minimum absolute atomic E-state index is 0.236. The second-order valence-electron chi connectivity index (χ2n) is 6.46. The van der Waals surface area contributed by atoms with Gasteiger partial charge in [0.2, 0.25) is 0 Å². The van der Waals surface area contributed by atoms with Crippen LogP contribution in [0.25, 0.3) is 0 Å². The fourth-order valence-electron chi connectivity index (χ4n) is 3.23. The first kappa shape index (κ1) is 18.6. The molecule has 0 aromatic heterocycles. The lowest BCUT2D eigenvalue weighted by atomic mass is 9.64. The highest BCUT2D eigenvalue weighted by atomic mass is 16.5. The first-order valence-corrected chi connectivity index (χ1v) is 8.77. The Balaban J connectivity index is 1.63. The van der Waals surface area contributed by atoms with Gasteiger partial charge in [0.25, 0.3) is 5.91 Å². The normalized spacial score (nSPS) is 14.6. The summed E-state index contributed by atoms with van der Waals surface area (Å²) in [6.07, 6.45) is 2.37. The molecule has 0 aliphatic heterocycles. The Hall–Kier alpha value is -3.15. The van der Waals surface area contributed by atoms with E-state index in [1.54, 1.807) is 24.3 Å². The summed E-state index contributed by atoms with van der Waals surface area (Å²) in [5.41, 5.74) is 0.801. The van der Waals surface area contributed by atoms with Crippen LogP contribution in [0.1, 0.15) is 35.2 Å². The number of nitrogens with one attached hydrogen (secondary N) is 1. The molecule has 1 amide bonds. The molecule has 1 saturated carbocycles. The van der Waals surface area contributed by atoms with Crippen molar-refractivity contribution in [3.8, 4) is 0 Å². The predicted octanol–water partition coefficient (Wildman–Crippen LogP) is 3.08. The van der Waals surface area contributed by atoms with Gasteiger partial charge in [-0.05, 0) is 30.5 Å². The van der Waals surface area contributed by atoms with Crippen LogP contribution < -0.4 is 5.32 Å². The van der Waals surface area contributed by atoms with Crippen LogP contribution in [0, 0.1) is 0 Å². The SMILES string of the molecule is COC(=O)c1ccccc1NC(=O)COC(=O)C1(c2ccccc2)CCC1. The van der Waals surface area contributed by atoms with Crippen molar-refractivity contribution in [2.24, 2.45) is 0 Å². The summed E-state index contributed by atoms with van der Waals surface area (Å²) in [6, 6.07) is 16.0. The zero-order valence-corrected chi connectivity index (χ0v) is 15.1. The molecule has 0 unspecified atom stereocenters. The highest BCUT2D eigenvalue weighted by molar-refractivity contribution is 6.02. The van der Waals surface area contributed by atoms with Crippen LogP contribution in [-0.2, 0) is 24.5 Å². The van der Waals surface area contributed by atoms with Crippen molar-refractivity contribution in [1.82, 2.24) is 0 Å². The third-order valence-corrected chi connectivity index (χ3v) is 4.87. The van der Waals surface area contributed by atoms with E-state index in [4.69, 9.17) is 9.47 Å². The Morgan fingerprint density at radius 1 is 1.00 bits per heavy atom. The molecule has 0 atom stereocenters. The zero-order valence-electron chi connectivity index (χ0n) is 15.1. The largest absolute Gasteiger partial charge is 0.465 e. The minimum Gasteiger partial charge on any atom is -0.465 e. The van der Waals surface area contributed by atoms with Gasteiger partial charge in [-0.25, -0.2) is 4.79 Å². The van der Waals surface area contributed by atoms with Gasteiger partial charge in [0.05, 0.1) is 23.8 Å². The van der Waals surface area contributed by atoms with Crippen LogP contribution in [0.15, 0.2) is 54.6 Å². The molecule has 1 aliphatic rings. The lowest BCUT2D eigenvalue weighted by molar-refractivity contribution is -0.156. The smallest absolute Gasteiger partial charge is 0.339 e. The van der Waals surface area contributed by atoms with Crippen LogP contribution >= 0.6 is 0 Å². The molecule has 1 aliphatic carbocycles. The fourth-order valence-corrected chi connectivity index (χ4v) is 3.23. The van der Waals surface area contributed by atoms with Crippen LogP contribution in [-0.4, -0.2) is 31.6 Å². The number of amides is 1. The molecule has 2 aromatic rings. The molecule has 140 valence electrons. The van der Waals surface area contributed by atoms with Crippen molar-refractivity contribution in [2.45, 2.75) is 24.7 Å². The fraction of sp³-hybridized carbons (Fsp3) is 0.286. The molecule has 0 heterocycles. The van der Waals surface area contributed by atoms with E-state index in [9.17, 15) is 14.4 Å². The number of carbonyl (C=O) groups is 3. The maximum Gasteiger partial charge on any atom is 0.339 e. The highest BCUT2D eigenvalue weighted by Gasteiger charge is 2.47. The van der Waals surface area contributed by atoms with Gasteiger partial charge in [-0.1, -0.05) is 48.9 Å². The van der Waals surface area contributed by atoms with E-state index in [1.807, 2.05) is 30.3 Å². The molecule has 27 heavy (non-hydrogen) atoms. The molecule has 1 N–H and O–H groups in total. The number of anilines is 1. The number of benzene rings is 2. The van der Waals surface area contributed by atoms with Crippen LogP contribution in [0.3, 0.4) is 0 Å². The molecule has 0 bridgehead atoms. The van der Waals surface area contributed by atoms with Crippen LogP contribution in [0.5, 0.6) is 0 Å². The molecule has 3 rings (SSSR count). The first-order valence-electron chi connectivity index (χ1n) is 8.77. The summed E-state index contributed by atoms with van der Waals surface area (Å²) in [4.78, 5) is 36.6. The Labute approximate surface area is 157 Å². The van der Waals surface area contributed by atoms with E-state index in [0.29, 0.717) is 18.5 Å². The van der Waals surface area contributed by atoms with E-state index in [-0.39, 0.29) is 5.56 Å². The number of rotatable bonds is 6. The maximum atomic E-state index is 12.6. The van der Waals surface area contributed by atoms with E-state index in [0.717, 1.165) is 12.0 Å². The molecule has 6 nitrogen and oxygen atoms in total. The van der Waals surface area contributed by atoms with Crippen molar-refractivity contribution < 1.29 is 23.9 Å². The van der Waals surface area contributed by atoms with Gasteiger partial charge in [-0.15, -0.1) is 0 Å². The second kappa shape index (κ2) is 8.03. The van der Waals surface area contributed by atoms with Gasteiger partial charge in [0, 0.05) is 0 Å². The minimum atomic E-state index is -0.661. The standard InChI is InChI=1S/C21H21NO5/c1-26-19(24)16-10-5-6-11-17(16)22-18(23)14-27-20(25)21(12-7-13-21)15-8-3-2-4-9-15/h2-6,8-11H,7,12-14H2,1H3,(H,22,23). The van der Waals surface area contributed by atoms with Crippen molar-refractivity contribution in [1.29, 1.82) is 0 Å². The number of ether oxygens (including phenoxy) is 2. The molecular weight excluding hydrogens is 346 g/mol. The van der Waals surface area contributed by atoms with E-state index < -0.39 is 29.9 Å². The third-order valence-electron chi connectivity index (χ3n) is 4.87. The molecule has 0 radical (unpaired) electrons. The predicted molar refractivity (Wildman–Crippen MR) is 99.3 cm³/mol. The maximum absolute atomic E-state index is 12.6. The van der Waals surface area contributed by atoms with Gasteiger partial charge in [-0.3, -0.25) is 9.59 Å². The molecule has 6 heteroatoms. The van der Waals surface area contributed by atoms with Crippen molar-refractivity contribution in [3.63, 3.8) is 0 Å². The van der Waals surface area contributed by atoms with Crippen molar-refractivity contribution in [3.05, 3.63) is 65.7 Å². The molecule has 0 spiro atoms. The summed E-state index contributed by atoms with van der Waals surface area (Å²) in [5.74, 6) is -1.46. The second-order valence-corrected chi connectivity index (χ2v) is 6.46. The summed E-state index contributed by atoms with van der Waals surface area (Å²) in [5, 5.41) is 2.59.